The number of benzene rings is 3. The third kappa shape index (κ3) is 5.25. The molecule has 11 heteroatoms. The molecule has 36 heavy (non-hydrogen) atoms. The Kier molecular flexibility index (Phi) is 6.82. The second kappa shape index (κ2) is 10.3. The summed E-state index contributed by atoms with van der Waals surface area (Å²) in [6.07, 6.45) is 1.24. The predicted molar refractivity (Wildman–Crippen MR) is 129 cm³/mol. The number of non-ortho nitro benzene ring substituents is 1. The van der Waals surface area contributed by atoms with E-state index in [1.807, 2.05) is 6.07 Å². The minimum Gasteiger partial charge on any atom is -0.483 e. The number of ether oxygens (including phenoxy) is 1. The zero-order valence-corrected chi connectivity index (χ0v) is 18.5. The monoisotopic (exact) mass is 486 g/mol. The number of nitrogens with zero attached hydrogens (tertiary/aromatic N) is 2. The maximum Gasteiger partial charge on any atom is 0.335 e. The van der Waals surface area contributed by atoms with E-state index in [2.05, 4.69) is 10.6 Å². The summed E-state index contributed by atoms with van der Waals surface area (Å²) >= 11 is 0. The van der Waals surface area contributed by atoms with Crippen molar-refractivity contribution in [3.8, 4) is 5.75 Å². The fraction of sp³-hybridized carbons (Fsp3) is 0.0400. The molecule has 0 atom stereocenters. The Labute approximate surface area is 204 Å². The number of anilines is 2. The molecule has 0 saturated carbocycles. The summed E-state index contributed by atoms with van der Waals surface area (Å²) in [5.74, 6) is -2.02. The summed E-state index contributed by atoms with van der Waals surface area (Å²) in [6.45, 7) is -0.331. The first-order valence-corrected chi connectivity index (χ1v) is 10.6. The van der Waals surface area contributed by atoms with Crippen molar-refractivity contribution in [1.82, 2.24) is 5.32 Å². The molecular formula is C25H18N4O7. The fourth-order valence-electron chi connectivity index (χ4n) is 3.36. The third-order valence-electron chi connectivity index (χ3n) is 5.06. The quantitative estimate of drug-likeness (QED) is 0.225. The van der Waals surface area contributed by atoms with Crippen LogP contribution in [0.15, 0.2) is 84.4 Å². The lowest BCUT2D eigenvalue weighted by Crippen LogP contribution is -2.54. The number of amides is 5. The van der Waals surface area contributed by atoms with Crippen molar-refractivity contribution in [1.29, 1.82) is 0 Å². The van der Waals surface area contributed by atoms with Crippen LogP contribution < -0.4 is 20.3 Å². The van der Waals surface area contributed by atoms with Gasteiger partial charge in [-0.05, 0) is 36.4 Å². The van der Waals surface area contributed by atoms with E-state index in [9.17, 15) is 29.3 Å². The number of rotatable bonds is 7. The SMILES string of the molecule is O=C(COc1ccccc1/C=C1\C(=O)NC(=O)N(c2ccc([N+](=O)[O-])cc2)C1=O)Nc1ccccc1. The van der Waals surface area contributed by atoms with E-state index >= 15 is 0 Å². The average Bonchev–Trinajstić information content (AvgIpc) is 2.86. The lowest BCUT2D eigenvalue weighted by molar-refractivity contribution is -0.384. The summed E-state index contributed by atoms with van der Waals surface area (Å²) in [7, 11) is 0. The van der Waals surface area contributed by atoms with E-state index in [1.54, 1.807) is 48.5 Å². The lowest BCUT2D eigenvalue weighted by Gasteiger charge is -2.26. The molecule has 1 heterocycles. The van der Waals surface area contributed by atoms with Gasteiger partial charge >= 0.3 is 6.03 Å². The van der Waals surface area contributed by atoms with Crippen LogP contribution in [0.25, 0.3) is 6.08 Å². The molecule has 0 bridgehead atoms. The number of para-hydroxylation sites is 2. The minimum absolute atomic E-state index is 0.0450. The molecule has 4 rings (SSSR count). The van der Waals surface area contributed by atoms with Gasteiger partial charge in [-0.3, -0.25) is 29.8 Å². The molecule has 180 valence electrons. The van der Waals surface area contributed by atoms with Crippen molar-refractivity contribution in [2.75, 3.05) is 16.8 Å². The normalized spacial score (nSPS) is 14.4. The minimum atomic E-state index is -0.988. The third-order valence-corrected chi connectivity index (χ3v) is 5.06. The molecule has 0 unspecified atom stereocenters. The Balaban J connectivity index is 1.55. The van der Waals surface area contributed by atoms with Gasteiger partial charge in [-0.25, -0.2) is 9.69 Å². The van der Waals surface area contributed by atoms with Gasteiger partial charge in [-0.1, -0.05) is 36.4 Å². The molecule has 0 spiro atoms. The molecule has 2 N–H and O–H groups in total. The zero-order valence-electron chi connectivity index (χ0n) is 18.5. The van der Waals surface area contributed by atoms with Crippen LogP contribution in [0.2, 0.25) is 0 Å². The highest BCUT2D eigenvalue weighted by Gasteiger charge is 2.37. The maximum atomic E-state index is 13.1. The van der Waals surface area contributed by atoms with E-state index in [4.69, 9.17) is 4.74 Å². The topological polar surface area (TPSA) is 148 Å². The van der Waals surface area contributed by atoms with Gasteiger partial charge in [0.15, 0.2) is 6.61 Å². The first kappa shape index (κ1) is 23.8. The van der Waals surface area contributed by atoms with Crippen molar-refractivity contribution in [2.45, 2.75) is 0 Å². The smallest absolute Gasteiger partial charge is 0.335 e. The molecule has 3 aromatic carbocycles. The van der Waals surface area contributed by atoms with Gasteiger partial charge < -0.3 is 10.1 Å². The van der Waals surface area contributed by atoms with E-state index in [-0.39, 0.29) is 29.3 Å². The van der Waals surface area contributed by atoms with Gasteiger partial charge in [0.1, 0.15) is 11.3 Å². The average molecular weight is 486 g/mol. The zero-order chi connectivity index (χ0) is 25.7. The molecular weight excluding hydrogens is 468 g/mol. The summed E-state index contributed by atoms with van der Waals surface area (Å²) in [5.41, 5.74) is 0.377. The number of hydrogen-bond donors (Lipinski definition) is 2. The van der Waals surface area contributed by atoms with Crippen LogP contribution in [0.3, 0.4) is 0 Å². The van der Waals surface area contributed by atoms with Crippen molar-refractivity contribution < 1.29 is 28.8 Å². The fourth-order valence-corrected chi connectivity index (χ4v) is 3.36. The molecule has 1 aliphatic rings. The number of nitrogens with one attached hydrogen (secondary N) is 2. The highest BCUT2D eigenvalue weighted by atomic mass is 16.6. The van der Waals surface area contributed by atoms with Gasteiger partial charge in [0.2, 0.25) is 0 Å². The standard InChI is InChI=1S/C25H18N4O7/c30-22(26-17-7-2-1-3-8-17)15-36-21-9-5-4-6-16(21)14-20-23(31)27-25(33)28(24(20)32)18-10-12-19(13-11-18)29(34)35/h1-14H,15H2,(H,26,30)(H,27,31,33)/b20-14+. The van der Waals surface area contributed by atoms with Gasteiger partial charge in [0.05, 0.1) is 10.6 Å². The molecule has 11 nitrogen and oxygen atoms in total. The van der Waals surface area contributed by atoms with E-state index < -0.39 is 28.7 Å². The number of urea groups is 1. The Bertz CT molecular complexity index is 1390. The number of hydrogen-bond acceptors (Lipinski definition) is 7. The van der Waals surface area contributed by atoms with Gasteiger partial charge in [0, 0.05) is 23.4 Å². The Morgan fingerprint density at radius 1 is 0.972 bits per heavy atom. The van der Waals surface area contributed by atoms with Crippen LogP contribution in [0, 0.1) is 10.1 Å². The van der Waals surface area contributed by atoms with Crippen LogP contribution in [0.1, 0.15) is 5.56 Å². The summed E-state index contributed by atoms with van der Waals surface area (Å²) in [6, 6.07) is 19.0. The van der Waals surface area contributed by atoms with Crippen LogP contribution in [0.4, 0.5) is 21.9 Å². The van der Waals surface area contributed by atoms with Crippen molar-refractivity contribution in [2.24, 2.45) is 0 Å². The number of nitro groups is 1. The molecule has 5 amide bonds. The van der Waals surface area contributed by atoms with Crippen molar-refractivity contribution in [3.63, 3.8) is 0 Å². The highest BCUT2D eigenvalue weighted by molar-refractivity contribution is 6.39. The number of barbiturate groups is 1. The number of carbonyl (C=O) groups is 4. The van der Waals surface area contributed by atoms with Gasteiger partial charge in [-0.2, -0.15) is 0 Å². The highest BCUT2D eigenvalue weighted by Crippen LogP contribution is 2.26. The molecule has 1 aliphatic heterocycles. The van der Waals surface area contributed by atoms with E-state index in [1.165, 1.54) is 18.2 Å². The maximum absolute atomic E-state index is 13.1. The predicted octanol–water partition coefficient (Wildman–Crippen LogP) is 3.28. The summed E-state index contributed by atoms with van der Waals surface area (Å²) < 4.78 is 5.61. The van der Waals surface area contributed by atoms with E-state index in [0.717, 1.165) is 12.1 Å². The molecule has 1 fully saturated rings. The van der Waals surface area contributed by atoms with Gasteiger partial charge in [0.25, 0.3) is 23.4 Å². The molecule has 0 aliphatic carbocycles. The number of carbonyl (C=O) groups excluding carboxylic acids is 4. The first-order valence-electron chi connectivity index (χ1n) is 10.6. The van der Waals surface area contributed by atoms with Crippen LogP contribution in [-0.2, 0) is 14.4 Å². The largest absolute Gasteiger partial charge is 0.483 e. The van der Waals surface area contributed by atoms with Gasteiger partial charge in [-0.15, -0.1) is 0 Å². The summed E-state index contributed by atoms with van der Waals surface area (Å²) in [5, 5.41) is 15.7. The second-order valence-electron chi connectivity index (χ2n) is 7.47. The van der Waals surface area contributed by atoms with Crippen molar-refractivity contribution >= 4 is 46.9 Å². The molecule has 0 radical (unpaired) electrons. The first-order chi connectivity index (χ1) is 17.3. The Hall–Kier alpha value is -5.32. The second-order valence-corrected chi connectivity index (χ2v) is 7.47. The lowest BCUT2D eigenvalue weighted by atomic mass is 10.1. The number of nitro benzene ring substituents is 1. The number of imide groups is 2. The summed E-state index contributed by atoms with van der Waals surface area (Å²) in [4.78, 5) is 61.1. The van der Waals surface area contributed by atoms with Crippen molar-refractivity contribution in [3.05, 3.63) is 100 Å². The van der Waals surface area contributed by atoms with Crippen LogP contribution in [-0.4, -0.2) is 35.3 Å². The molecule has 1 saturated heterocycles. The van der Waals surface area contributed by atoms with Crippen LogP contribution in [0.5, 0.6) is 5.75 Å². The Morgan fingerprint density at radius 2 is 1.64 bits per heavy atom. The van der Waals surface area contributed by atoms with Crippen LogP contribution >= 0.6 is 0 Å². The Morgan fingerprint density at radius 3 is 2.33 bits per heavy atom. The van der Waals surface area contributed by atoms with E-state index in [0.29, 0.717) is 16.2 Å². The molecule has 0 aromatic heterocycles. The molecule has 3 aromatic rings.